The lowest BCUT2D eigenvalue weighted by Crippen LogP contribution is -2.71. The summed E-state index contributed by atoms with van der Waals surface area (Å²) in [4.78, 5) is 35.5. The maximum atomic E-state index is 10.6. The van der Waals surface area contributed by atoms with Gasteiger partial charge >= 0.3 is 11.3 Å². The fourth-order valence-electron chi connectivity index (χ4n) is 0.996. The first-order valence-corrected chi connectivity index (χ1v) is 4.26. The lowest BCUT2D eigenvalue weighted by molar-refractivity contribution is -0.930. The van der Waals surface area contributed by atoms with E-state index in [0.717, 1.165) is 0 Å². The highest BCUT2D eigenvalue weighted by Gasteiger charge is 2.88. The van der Waals surface area contributed by atoms with Crippen molar-refractivity contribution in [2.45, 2.75) is 18.2 Å². The molecule has 0 unspecified atom stereocenters. The third kappa shape index (κ3) is 1.71. The Morgan fingerprint density at radius 1 is 0.882 bits per heavy atom. The van der Waals surface area contributed by atoms with Crippen LogP contribution in [0.2, 0.25) is 0 Å². The van der Waals surface area contributed by atoms with Gasteiger partial charge in [-0.05, 0) is 0 Å². The van der Waals surface area contributed by atoms with E-state index < -0.39 is 36.9 Å². The van der Waals surface area contributed by atoms with E-state index in [1.807, 2.05) is 0 Å². The minimum Gasteiger partial charge on any atom is -0.258 e. The van der Waals surface area contributed by atoms with Gasteiger partial charge in [0, 0.05) is 0 Å². The van der Waals surface area contributed by atoms with Gasteiger partial charge in [0.1, 0.15) is 19.7 Å². The van der Waals surface area contributed by atoms with Gasteiger partial charge in [0.05, 0.1) is 6.92 Å². The summed E-state index contributed by atoms with van der Waals surface area (Å²) < 4.78 is 0. The van der Waals surface area contributed by atoms with Crippen molar-refractivity contribution < 1.29 is 19.7 Å². The lowest BCUT2D eigenvalue weighted by Gasteiger charge is -2.19. The van der Waals surface area contributed by atoms with E-state index in [1.54, 1.807) is 0 Å². The molecule has 0 radical (unpaired) electrons. The molecule has 0 fully saturated rings. The molecule has 0 aromatic carbocycles. The second-order valence-electron chi connectivity index (χ2n) is 3.00. The second kappa shape index (κ2) is 4.40. The van der Waals surface area contributed by atoms with Crippen molar-refractivity contribution in [1.82, 2.24) is 0 Å². The Morgan fingerprint density at radius 2 is 1.18 bits per heavy atom. The number of rotatable bonds is 6. The standard InChI is InChI=1S/C4H5ClN4O8/c1-3(6(10)11,7(12)13)4(2-5,8(14)15)9(16)17/h2H2,1H3. The van der Waals surface area contributed by atoms with Crippen molar-refractivity contribution in [3.63, 3.8) is 0 Å². The molecule has 0 N–H and O–H groups in total. The fraction of sp³-hybridized carbons (Fsp3) is 1.00. The monoisotopic (exact) mass is 272 g/mol. The van der Waals surface area contributed by atoms with Crippen molar-refractivity contribution in [2.24, 2.45) is 0 Å². The number of hydrogen-bond acceptors (Lipinski definition) is 8. The summed E-state index contributed by atoms with van der Waals surface area (Å²) in [6.45, 7) is 0.168. The molecular weight excluding hydrogens is 268 g/mol. The molecule has 0 saturated carbocycles. The summed E-state index contributed by atoms with van der Waals surface area (Å²) in [6.07, 6.45) is 0. The molecule has 17 heavy (non-hydrogen) atoms. The van der Waals surface area contributed by atoms with Gasteiger partial charge in [0.2, 0.25) is 0 Å². The molecule has 0 atom stereocenters. The highest BCUT2D eigenvalue weighted by Crippen LogP contribution is 2.31. The van der Waals surface area contributed by atoms with Gasteiger partial charge < -0.3 is 0 Å². The smallest absolute Gasteiger partial charge is 0.258 e. The molecule has 0 amide bonds. The molecule has 0 rings (SSSR count). The van der Waals surface area contributed by atoms with Crippen LogP contribution in [0.5, 0.6) is 0 Å². The largest absolute Gasteiger partial charge is 0.606 e. The molecule has 0 bridgehead atoms. The molecule has 0 aliphatic carbocycles. The van der Waals surface area contributed by atoms with Crippen molar-refractivity contribution in [3.8, 4) is 0 Å². The zero-order valence-corrected chi connectivity index (χ0v) is 8.90. The van der Waals surface area contributed by atoms with Gasteiger partial charge in [-0.3, -0.25) is 40.5 Å². The Morgan fingerprint density at radius 3 is 1.24 bits per heavy atom. The van der Waals surface area contributed by atoms with Gasteiger partial charge in [0.25, 0.3) is 0 Å². The zero-order valence-electron chi connectivity index (χ0n) is 8.14. The van der Waals surface area contributed by atoms with Crippen LogP contribution in [0.15, 0.2) is 0 Å². The summed E-state index contributed by atoms with van der Waals surface area (Å²) >= 11 is 4.99. The average molecular weight is 273 g/mol. The first kappa shape index (κ1) is 14.9. The van der Waals surface area contributed by atoms with Gasteiger partial charge in [-0.2, -0.15) is 0 Å². The summed E-state index contributed by atoms with van der Waals surface area (Å²) in [6, 6.07) is 0. The molecule has 0 aromatic rings. The van der Waals surface area contributed by atoms with Crippen LogP contribution in [0.1, 0.15) is 6.92 Å². The summed E-state index contributed by atoms with van der Waals surface area (Å²) in [7, 11) is 0. The number of nitrogens with zero attached hydrogens (tertiary/aromatic N) is 4. The van der Waals surface area contributed by atoms with E-state index in [-0.39, 0.29) is 6.92 Å². The van der Waals surface area contributed by atoms with Gasteiger partial charge in [0.15, 0.2) is 5.88 Å². The van der Waals surface area contributed by atoms with E-state index in [2.05, 4.69) is 0 Å². The predicted octanol–water partition coefficient (Wildman–Crippen LogP) is -0.256. The first-order valence-electron chi connectivity index (χ1n) is 3.73. The summed E-state index contributed by atoms with van der Waals surface area (Å²) in [5.41, 5.74) is -7.43. The molecule has 0 heterocycles. The van der Waals surface area contributed by atoms with Crippen LogP contribution >= 0.6 is 11.6 Å². The predicted molar refractivity (Wildman–Crippen MR) is 49.8 cm³/mol. The Kier molecular flexibility index (Phi) is 3.86. The van der Waals surface area contributed by atoms with Crippen LogP contribution in [-0.2, 0) is 0 Å². The average Bonchev–Trinajstić information content (AvgIpc) is 2.16. The number of halogens is 1. The highest BCUT2D eigenvalue weighted by molar-refractivity contribution is 6.18. The van der Waals surface area contributed by atoms with E-state index in [4.69, 9.17) is 11.6 Å². The molecule has 0 spiro atoms. The SMILES string of the molecule is CC([N+](=O)[O-])([N+](=O)[O-])C(CCl)([N+](=O)[O-])[N+](=O)[O-]. The molecule has 0 aromatic heterocycles. The van der Waals surface area contributed by atoms with Crippen molar-refractivity contribution in [2.75, 3.05) is 5.88 Å². The minimum atomic E-state index is -3.75. The normalized spacial score (nSPS) is 11.9. The number of nitro groups is 4. The first-order chi connectivity index (χ1) is 7.58. The second-order valence-corrected chi connectivity index (χ2v) is 3.27. The molecule has 12 nitrogen and oxygen atoms in total. The maximum Gasteiger partial charge on any atom is 0.606 e. The summed E-state index contributed by atoms with van der Waals surface area (Å²) in [5.74, 6) is -1.52. The quantitative estimate of drug-likeness (QED) is 0.275. The van der Waals surface area contributed by atoms with Crippen LogP contribution in [0.4, 0.5) is 0 Å². The van der Waals surface area contributed by atoms with Crippen molar-refractivity contribution in [3.05, 3.63) is 40.5 Å². The Hall–Kier alpha value is -2.11. The van der Waals surface area contributed by atoms with Crippen molar-refractivity contribution in [1.29, 1.82) is 0 Å². The van der Waals surface area contributed by atoms with Gasteiger partial charge in [-0.25, -0.2) is 0 Å². The zero-order chi connectivity index (χ0) is 14.0. The van der Waals surface area contributed by atoms with Crippen LogP contribution in [0, 0.1) is 40.5 Å². The molecule has 0 saturated heterocycles. The Bertz CT molecular complexity index is 367. The molecule has 13 heteroatoms. The third-order valence-electron chi connectivity index (χ3n) is 2.26. The fourth-order valence-corrected chi connectivity index (χ4v) is 1.44. The Labute approximate surface area is 96.7 Å². The topological polar surface area (TPSA) is 173 Å². The Balaban J connectivity index is 6.25. The van der Waals surface area contributed by atoms with Gasteiger partial charge in [-0.1, -0.05) is 0 Å². The maximum absolute atomic E-state index is 10.6. The number of hydrogen-bond donors (Lipinski definition) is 0. The molecule has 0 aliphatic heterocycles. The van der Waals surface area contributed by atoms with E-state index in [1.165, 1.54) is 0 Å². The van der Waals surface area contributed by atoms with Crippen LogP contribution in [-0.4, -0.2) is 36.9 Å². The molecule has 0 aliphatic rings. The van der Waals surface area contributed by atoms with Crippen LogP contribution in [0.25, 0.3) is 0 Å². The van der Waals surface area contributed by atoms with E-state index >= 15 is 0 Å². The van der Waals surface area contributed by atoms with Gasteiger partial charge in [-0.15, -0.1) is 11.6 Å². The van der Waals surface area contributed by atoms with E-state index in [9.17, 15) is 40.5 Å². The number of alkyl halides is 1. The minimum absolute atomic E-state index is 0.168. The van der Waals surface area contributed by atoms with E-state index in [0.29, 0.717) is 0 Å². The summed E-state index contributed by atoms with van der Waals surface area (Å²) in [5, 5.41) is 42.4. The third-order valence-corrected chi connectivity index (χ3v) is 2.63. The highest BCUT2D eigenvalue weighted by atomic mass is 35.5. The lowest BCUT2D eigenvalue weighted by atomic mass is 9.98. The van der Waals surface area contributed by atoms with Crippen LogP contribution in [0.3, 0.4) is 0 Å². The van der Waals surface area contributed by atoms with Crippen LogP contribution < -0.4 is 0 Å². The van der Waals surface area contributed by atoms with Crippen molar-refractivity contribution >= 4 is 11.6 Å². The molecule has 96 valence electrons. The molecular formula is C4H5ClN4O8.